The summed E-state index contributed by atoms with van der Waals surface area (Å²) < 4.78 is 58.6. The summed E-state index contributed by atoms with van der Waals surface area (Å²) in [5, 5.41) is 14.6. The molecule has 0 atom stereocenters. The Hall–Kier alpha value is 0.620. The van der Waals surface area contributed by atoms with Crippen LogP contribution in [0, 0.1) is 23.7 Å². The van der Waals surface area contributed by atoms with E-state index in [1.807, 2.05) is 66.0 Å². The van der Waals surface area contributed by atoms with E-state index in [1.165, 1.54) is 89.9 Å². The van der Waals surface area contributed by atoms with Gasteiger partial charge in [-0.2, -0.15) is 29.9 Å². The summed E-state index contributed by atoms with van der Waals surface area (Å²) in [5.74, 6) is 14.2. The first-order chi connectivity index (χ1) is 65.0. The minimum atomic E-state index is -0.537. The average Bonchev–Trinajstić information content (AvgIpc) is 1.62. The Labute approximate surface area is 929 Å². The SMILES string of the molecule is CCOC(C#Cc1cnc(Cl)nc1NC1CCCC1)OCC.CCOC(C#Cc1cnc(Cl)nc1NC1CCCC1)OCC.CCOC(OCC)c1cc2cnc(Cl)nc2n1C1CCCC1.CCOC(OCC)c1cc2cnc(Cl)nc2n1C1CCCC1.C[I-]I.C[I-]I.Clc1ncc(Br)c(NC2CCCC2)n1.O=Cc1cc2cnc(Cl)nc2n1C1CCCC1.[2H][I-]I.[B][I-]I.[B][I-]I. The summed E-state index contributed by atoms with van der Waals surface area (Å²) in [6.07, 6.45) is 38.1. The molecule has 6 fully saturated rings. The molecule has 0 spiro atoms. The second-order valence-electron chi connectivity index (χ2n) is 29.5. The van der Waals surface area contributed by atoms with Gasteiger partial charge in [0.1, 0.15) is 34.4 Å². The number of hydrogen-bond acceptors (Lipinski definition) is 24. The molecular formula is C87H118B2BrCl6I10N18O9-5. The van der Waals surface area contributed by atoms with E-state index >= 15 is 0 Å². The van der Waals surface area contributed by atoms with Crippen molar-refractivity contribution < 1.29 is 130 Å². The third-order valence-corrected chi connectivity index (χ3v) is 22.6. The van der Waals surface area contributed by atoms with Gasteiger partial charge in [0, 0.05) is 142 Å². The summed E-state index contributed by atoms with van der Waals surface area (Å²) in [5.41, 5.74) is 16.5. The van der Waals surface area contributed by atoms with Gasteiger partial charge >= 0.3 is 202 Å². The Morgan fingerprint density at radius 1 is 0.436 bits per heavy atom. The van der Waals surface area contributed by atoms with Gasteiger partial charge in [-0.1, -0.05) is 88.9 Å². The molecule has 0 aromatic carbocycles. The van der Waals surface area contributed by atoms with Crippen molar-refractivity contribution in [3.63, 3.8) is 0 Å². The predicted molar refractivity (Wildman–Crippen MR) is 567 cm³/mol. The molecule has 9 heterocycles. The molecule has 0 saturated heterocycles. The molecule has 0 amide bonds. The van der Waals surface area contributed by atoms with Crippen LogP contribution in [-0.4, -0.2) is 185 Å². The second kappa shape index (κ2) is 74.5. The van der Waals surface area contributed by atoms with Gasteiger partial charge in [-0.3, -0.25) is 4.79 Å². The van der Waals surface area contributed by atoms with E-state index in [0.717, 1.165) is 125 Å². The number of carbonyl (C=O) groups excluding carboxylic acids is 1. The van der Waals surface area contributed by atoms with Gasteiger partial charge in [0.15, 0.2) is 18.9 Å². The van der Waals surface area contributed by atoms with Gasteiger partial charge in [-0.15, -0.1) is 0 Å². The van der Waals surface area contributed by atoms with E-state index in [2.05, 4.69) is 240 Å². The molecule has 740 valence electrons. The molecule has 46 heteroatoms. The molecule has 0 aliphatic heterocycles. The van der Waals surface area contributed by atoms with Gasteiger partial charge in [0.25, 0.3) is 0 Å². The fraction of sp³-hybridized carbons (Fsp3) is 0.598. The summed E-state index contributed by atoms with van der Waals surface area (Å²) in [6.45, 7) is 20.1. The van der Waals surface area contributed by atoms with E-state index in [4.69, 9.17) is 119 Å². The Kier molecular flexibility index (Phi) is 68.5. The fourth-order valence-corrected chi connectivity index (χ4v) is 16.8. The third kappa shape index (κ3) is 44.8. The number of nitrogens with zero attached hydrogens (tertiary/aromatic N) is 15. The first-order valence-electron chi connectivity index (χ1n) is 44.3. The normalized spacial score (nSPS) is 15.1. The molecule has 6 saturated carbocycles. The zero-order valence-electron chi connectivity index (χ0n) is 77.1. The van der Waals surface area contributed by atoms with Crippen molar-refractivity contribution in [2.45, 2.75) is 271 Å². The van der Waals surface area contributed by atoms with E-state index in [9.17, 15) is 4.79 Å². The number of nitrogens with one attached hydrogen (secondary N) is 3. The zero-order chi connectivity index (χ0) is 98.0. The maximum atomic E-state index is 11.1. The number of hydrogen-bond donors (Lipinski definition) is 3. The number of rotatable bonds is 28. The van der Waals surface area contributed by atoms with Gasteiger partial charge in [0.05, 0.1) is 32.7 Å². The van der Waals surface area contributed by atoms with Crippen LogP contribution >= 0.6 is 179 Å². The van der Waals surface area contributed by atoms with E-state index in [-0.39, 0.29) is 96.7 Å². The fourth-order valence-electron chi connectivity index (χ4n) is 15.7. The monoisotopic (exact) mass is 3140 g/mol. The molecule has 0 bridgehead atoms. The summed E-state index contributed by atoms with van der Waals surface area (Å²) in [7, 11) is 0. The van der Waals surface area contributed by atoms with Crippen LogP contribution in [0.3, 0.4) is 0 Å². The molecule has 27 nitrogen and oxygen atoms in total. The van der Waals surface area contributed by atoms with Crippen molar-refractivity contribution in [2.24, 2.45) is 0 Å². The van der Waals surface area contributed by atoms with Crippen molar-refractivity contribution in [3.05, 3.63) is 120 Å². The molecule has 3 N–H and O–H groups in total. The molecule has 0 unspecified atom stereocenters. The van der Waals surface area contributed by atoms with Gasteiger partial charge in [-0.25, -0.2) is 29.9 Å². The Balaban J connectivity index is 0.000000277. The van der Waals surface area contributed by atoms with Crippen LogP contribution in [0.2, 0.25) is 31.7 Å². The molecule has 6 aliphatic rings. The maximum absolute atomic E-state index is 11.1. The zero-order valence-corrected chi connectivity index (χ0v) is 104. The molecule has 9 aromatic heterocycles. The molecule has 133 heavy (non-hydrogen) atoms. The first-order valence-corrected chi connectivity index (χ1v) is 85.2. The number of alkyl halides is 2. The summed E-state index contributed by atoms with van der Waals surface area (Å²) in [4.78, 5) is 65.4. The quantitative estimate of drug-likeness (QED) is 0.00781. The van der Waals surface area contributed by atoms with Gasteiger partial charge < -0.3 is 67.5 Å². The topological polar surface area (TPSA) is 296 Å². The first kappa shape index (κ1) is 122. The van der Waals surface area contributed by atoms with Crippen molar-refractivity contribution in [3.8, 4) is 23.7 Å². The van der Waals surface area contributed by atoms with Crippen molar-refractivity contribution in [1.29, 1.82) is 0.594 Å². The number of carbonyl (C=O) groups is 1. The number of aldehydes is 1. The number of halogens is 17. The van der Waals surface area contributed by atoms with E-state index in [1.54, 1.807) is 37.2 Å². The molecule has 9 aromatic rings. The minimum absolute atomic E-state index is 0.0600. The predicted octanol–water partition coefficient (Wildman–Crippen LogP) is 10.0. The molecule has 4 radical (unpaired) electrons. The third-order valence-electron chi connectivity index (χ3n) is 20.9. The van der Waals surface area contributed by atoms with Crippen molar-refractivity contribution in [1.82, 2.24) is 73.5 Å². The van der Waals surface area contributed by atoms with Crippen molar-refractivity contribution >= 4 is 247 Å². The standard InChI is InChI=1S/4C16H22ClN3O2.C12H12ClN3O.C9H11BrClN3.2CH3I2.2BI2.HI2/c2*1-3-21-15(22-4-2)13-9-11-10-18-16(17)19-14(11)20(13)12-7-5-6-8-12;2*1-3-21-14(22-4-2)10-9-12-11-18-16(17)20-15(12)19-13-7-5-6-8-13;13-12-14-6-8-5-10(7-17)16(11(8)15-12)9-3-1-2-4-9;10-7-5-12-9(11)14-8(7)13-6-3-1-2-4-6;4*1-3-2;1-2/h2*9-10,12,15H,3-8H2,1-2H3;2*11,13-14H,3-8H2,1-2H3,(H,18,19,20);5-7,9H,1-4H2;5-6H,1-4H2,(H,12,13,14);2*1H3;;;1H/q;;;;;;5*-1/i;;;;;;;;;;1D. The van der Waals surface area contributed by atoms with Gasteiger partial charge in [-0.05, 0) is 248 Å². The van der Waals surface area contributed by atoms with Crippen LogP contribution in [0.5, 0.6) is 0 Å². The number of ether oxygens (including phenoxy) is 8. The van der Waals surface area contributed by atoms with Crippen LogP contribution in [-0.2, 0) is 37.9 Å². The van der Waals surface area contributed by atoms with Crippen LogP contribution in [0.1, 0.15) is 273 Å². The van der Waals surface area contributed by atoms with Crippen LogP contribution < -0.4 is 103 Å². The molecule has 6 aliphatic carbocycles. The van der Waals surface area contributed by atoms with Crippen molar-refractivity contribution in [2.75, 3.05) is 78.7 Å². The average molecular weight is 3140 g/mol. The second-order valence-corrected chi connectivity index (χ2v) is 52.2. The summed E-state index contributed by atoms with van der Waals surface area (Å²) in [6, 6.07) is 8.61. The van der Waals surface area contributed by atoms with E-state index in [0.29, 0.717) is 152 Å². The molecular weight excluding hydrogens is 3020 g/mol. The Morgan fingerprint density at radius 3 is 0.985 bits per heavy atom. The van der Waals surface area contributed by atoms with Gasteiger partial charge in [0.2, 0.25) is 44.3 Å². The van der Waals surface area contributed by atoms with Crippen LogP contribution in [0.25, 0.3) is 33.1 Å². The number of fused-ring (bicyclic) bond motifs is 3. The Morgan fingerprint density at radius 2 is 0.684 bits per heavy atom. The Bertz CT molecular complexity index is 4690. The van der Waals surface area contributed by atoms with Crippen LogP contribution in [0.4, 0.5) is 17.5 Å². The van der Waals surface area contributed by atoms with Crippen LogP contribution in [0.15, 0.2) is 59.9 Å². The number of anilines is 3. The molecule has 15 rings (SSSR count). The number of aromatic nitrogens is 15. The summed E-state index contributed by atoms with van der Waals surface area (Å²) >= 11 is 51.0. The van der Waals surface area contributed by atoms with E-state index < -0.39 is 12.6 Å².